The van der Waals surface area contributed by atoms with Gasteiger partial charge >= 0.3 is 5.97 Å². The van der Waals surface area contributed by atoms with E-state index in [1.54, 1.807) is 0 Å². The summed E-state index contributed by atoms with van der Waals surface area (Å²) in [7, 11) is 0. The van der Waals surface area contributed by atoms with E-state index in [9.17, 15) is 14.7 Å². The molecule has 5 nitrogen and oxygen atoms in total. The van der Waals surface area contributed by atoms with Crippen LogP contribution in [0, 0.1) is 11.8 Å². The zero-order valence-electron chi connectivity index (χ0n) is 14.8. The van der Waals surface area contributed by atoms with Crippen molar-refractivity contribution in [1.29, 1.82) is 0 Å². The maximum Gasteiger partial charge on any atom is 0.310 e. The topological polar surface area (TPSA) is 66.8 Å². The first-order valence-electron chi connectivity index (χ1n) is 9.03. The van der Waals surface area contributed by atoms with Crippen molar-refractivity contribution in [1.82, 2.24) is 4.90 Å². The number of amides is 1. The number of hydrogen-bond acceptors (Lipinski definition) is 3. The van der Waals surface area contributed by atoms with E-state index in [0.29, 0.717) is 13.0 Å². The van der Waals surface area contributed by atoms with Gasteiger partial charge in [-0.2, -0.15) is 0 Å². The molecule has 136 valence electrons. The number of fused-ring (bicyclic) bond motifs is 1. The molecule has 3 aliphatic rings. The lowest BCUT2D eigenvalue weighted by Crippen LogP contribution is -2.45. The zero-order valence-corrected chi connectivity index (χ0v) is 14.8. The minimum absolute atomic E-state index is 0.105. The number of rotatable bonds is 6. The molecule has 2 saturated heterocycles. The fourth-order valence-corrected chi connectivity index (χ4v) is 4.76. The lowest BCUT2D eigenvalue weighted by molar-refractivity contribution is -0.148. The van der Waals surface area contributed by atoms with Crippen LogP contribution in [0.25, 0.3) is 0 Å². The summed E-state index contributed by atoms with van der Waals surface area (Å²) in [4.78, 5) is 26.8. The summed E-state index contributed by atoms with van der Waals surface area (Å²) in [5.74, 6) is -2.51. The van der Waals surface area contributed by atoms with Gasteiger partial charge in [0.1, 0.15) is 11.5 Å². The predicted octanol–water partition coefficient (Wildman–Crippen LogP) is 2.43. The summed E-state index contributed by atoms with van der Waals surface area (Å²) in [5.41, 5.74) is 1.28. The Morgan fingerprint density at radius 1 is 1.35 bits per heavy atom. The molecule has 0 radical (unpaired) electrons. The number of carboxylic acids is 1. The van der Waals surface area contributed by atoms with Crippen LogP contribution < -0.4 is 0 Å². The van der Waals surface area contributed by atoms with Gasteiger partial charge in [-0.3, -0.25) is 9.59 Å². The van der Waals surface area contributed by atoms with Crippen LogP contribution >= 0.6 is 0 Å². The van der Waals surface area contributed by atoms with Crippen LogP contribution in [0.5, 0.6) is 0 Å². The molecule has 0 aromatic heterocycles. The van der Waals surface area contributed by atoms with E-state index in [1.807, 2.05) is 54.3 Å². The zero-order chi connectivity index (χ0) is 18.5. The van der Waals surface area contributed by atoms with Crippen LogP contribution in [-0.2, 0) is 20.7 Å². The molecule has 1 aromatic carbocycles. The van der Waals surface area contributed by atoms with Crippen LogP contribution in [0.3, 0.4) is 0 Å². The molecule has 1 N–H and O–H groups in total. The minimum atomic E-state index is -0.960. The maximum atomic E-state index is 13.2. The normalized spacial score (nSPS) is 34.3. The van der Waals surface area contributed by atoms with Gasteiger partial charge in [-0.1, -0.05) is 48.1 Å². The lowest BCUT2D eigenvalue weighted by atomic mass is 9.74. The molecule has 0 aliphatic carbocycles. The minimum Gasteiger partial charge on any atom is -0.481 e. The average molecular weight is 353 g/mol. The molecule has 5 atom stereocenters. The van der Waals surface area contributed by atoms with E-state index in [4.69, 9.17) is 4.74 Å². The third-order valence-electron chi connectivity index (χ3n) is 5.84. The number of ether oxygens (including phenoxy) is 1. The lowest BCUT2D eigenvalue weighted by Gasteiger charge is -2.33. The van der Waals surface area contributed by atoms with E-state index in [-0.39, 0.29) is 11.9 Å². The van der Waals surface area contributed by atoms with Gasteiger partial charge in [0.25, 0.3) is 0 Å². The second kappa shape index (κ2) is 6.09. The molecule has 1 aromatic rings. The van der Waals surface area contributed by atoms with E-state index in [1.165, 1.54) is 0 Å². The van der Waals surface area contributed by atoms with Crippen LogP contribution in [-0.4, -0.2) is 46.2 Å². The maximum absolute atomic E-state index is 13.2. The number of likely N-dealkylation sites (tertiary alicyclic amines) is 1. The number of carbonyl (C=O) groups excluding carboxylic acids is 1. The van der Waals surface area contributed by atoms with E-state index < -0.39 is 29.5 Å². The summed E-state index contributed by atoms with van der Waals surface area (Å²) in [5, 5.41) is 9.66. The van der Waals surface area contributed by atoms with Gasteiger partial charge in [0.2, 0.25) is 5.91 Å². The van der Waals surface area contributed by atoms with Crippen molar-refractivity contribution in [3.05, 3.63) is 60.2 Å². The van der Waals surface area contributed by atoms with Gasteiger partial charge in [-0.15, -0.1) is 6.58 Å². The fraction of sp³-hybridized carbons (Fsp3) is 0.429. The van der Waals surface area contributed by atoms with Gasteiger partial charge in [0, 0.05) is 6.54 Å². The molecule has 1 spiro atoms. The van der Waals surface area contributed by atoms with Crippen molar-refractivity contribution in [2.24, 2.45) is 11.8 Å². The molecular weight excluding hydrogens is 330 g/mol. The molecule has 2 unspecified atom stereocenters. The van der Waals surface area contributed by atoms with E-state index >= 15 is 0 Å². The first-order valence-corrected chi connectivity index (χ1v) is 9.03. The molecule has 2 fully saturated rings. The first-order chi connectivity index (χ1) is 12.4. The summed E-state index contributed by atoms with van der Waals surface area (Å²) in [6, 6.07) is 9.80. The van der Waals surface area contributed by atoms with Crippen molar-refractivity contribution < 1.29 is 19.4 Å². The summed E-state index contributed by atoms with van der Waals surface area (Å²) in [6.45, 7) is 6.49. The highest BCUT2D eigenvalue weighted by Crippen LogP contribution is 2.55. The van der Waals surface area contributed by atoms with Crippen LogP contribution in [0.2, 0.25) is 0 Å². The van der Waals surface area contributed by atoms with Gasteiger partial charge < -0.3 is 14.7 Å². The highest BCUT2D eigenvalue weighted by atomic mass is 16.5. The monoisotopic (exact) mass is 353 g/mol. The third-order valence-corrected chi connectivity index (χ3v) is 5.84. The Morgan fingerprint density at radius 3 is 2.73 bits per heavy atom. The van der Waals surface area contributed by atoms with Crippen molar-refractivity contribution in [3.63, 3.8) is 0 Å². The summed E-state index contributed by atoms with van der Waals surface area (Å²) in [6.07, 6.45) is 4.57. The molecule has 26 heavy (non-hydrogen) atoms. The van der Waals surface area contributed by atoms with Gasteiger partial charge in [0.15, 0.2) is 0 Å². The third kappa shape index (κ3) is 2.42. The highest BCUT2D eigenvalue weighted by molar-refractivity contribution is 5.91. The Bertz CT molecular complexity index is 786. The Labute approximate surface area is 152 Å². The number of carbonyl (C=O) groups is 2. The summed E-state index contributed by atoms with van der Waals surface area (Å²) < 4.78 is 6.13. The predicted molar refractivity (Wildman–Crippen MR) is 96.4 cm³/mol. The molecule has 0 saturated carbocycles. The van der Waals surface area contributed by atoms with Crippen LogP contribution in [0.1, 0.15) is 18.9 Å². The summed E-state index contributed by atoms with van der Waals surface area (Å²) >= 11 is 0. The number of aliphatic carboxylic acids is 1. The fourth-order valence-electron chi connectivity index (χ4n) is 4.76. The molecule has 4 rings (SSSR count). The van der Waals surface area contributed by atoms with Gasteiger partial charge in [-0.25, -0.2) is 0 Å². The molecular formula is C21H23NO4. The molecule has 1 amide bonds. The second-order valence-corrected chi connectivity index (χ2v) is 7.58. The van der Waals surface area contributed by atoms with Crippen molar-refractivity contribution in [3.8, 4) is 0 Å². The van der Waals surface area contributed by atoms with Gasteiger partial charge in [0.05, 0.1) is 18.1 Å². The largest absolute Gasteiger partial charge is 0.481 e. The number of nitrogens with zero attached hydrogens (tertiary/aromatic N) is 1. The highest BCUT2D eigenvalue weighted by Gasteiger charge is 2.70. The van der Waals surface area contributed by atoms with Crippen molar-refractivity contribution in [2.45, 2.75) is 37.5 Å². The number of hydrogen-bond donors (Lipinski definition) is 1. The molecule has 3 heterocycles. The molecule has 2 bridgehead atoms. The van der Waals surface area contributed by atoms with Crippen molar-refractivity contribution in [2.75, 3.05) is 6.54 Å². The van der Waals surface area contributed by atoms with Crippen molar-refractivity contribution >= 4 is 11.9 Å². The first kappa shape index (κ1) is 17.0. The Kier molecular flexibility index (Phi) is 3.99. The Morgan fingerprint density at radius 2 is 2.08 bits per heavy atom. The quantitative estimate of drug-likeness (QED) is 0.798. The molecule has 5 heteroatoms. The number of carboxylic acid groups (broad SMARTS) is 1. The van der Waals surface area contributed by atoms with E-state index in [0.717, 1.165) is 17.6 Å². The standard InChI is InChI=1S/C21H23NO4/c1-13(2)12-16-21-10-8-15(26-21)17(20(24)25)18(21)19(23)22(16)11-9-14-6-4-3-5-7-14/h3-8,10,15-18H,1,9,11-12H2,2H3,(H,24,25)/t15-,16?,17?,18-,21+/m0/s1. The average Bonchev–Trinajstić information content (AvgIpc) is 3.24. The van der Waals surface area contributed by atoms with Crippen LogP contribution in [0.15, 0.2) is 54.6 Å². The van der Waals surface area contributed by atoms with E-state index in [2.05, 4.69) is 6.58 Å². The van der Waals surface area contributed by atoms with Crippen LogP contribution in [0.4, 0.5) is 0 Å². The number of benzene rings is 1. The Balaban J connectivity index is 1.65. The smallest absolute Gasteiger partial charge is 0.310 e. The Hall–Kier alpha value is -2.40. The van der Waals surface area contributed by atoms with Gasteiger partial charge in [-0.05, 0) is 25.3 Å². The second-order valence-electron chi connectivity index (χ2n) is 7.58. The SMILES string of the molecule is C=C(C)CC1N(CCc2ccccc2)C(=O)[C@@H]2C(C(=O)O)[C@@H]3C=C[C@@]12O3. The molecule has 3 aliphatic heterocycles.